The maximum absolute atomic E-state index is 13.4. The number of aryl methyl sites for hydroxylation is 1. The zero-order chi connectivity index (χ0) is 29.7. The van der Waals surface area contributed by atoms with Gasteiger partial charge in [0.05, 0.1) is 23.7 Å². The largest absolute Gasteiger partial charge is 0.488 e. The van der Waals surface area contributed by atoms with Crippen LogP contribution in [-0.2, 0) is 23.2 Å². The minimum atomic E-state index is -0.363. The number of anilines is 2. The first-order valence-corrected chi connectivity index (χ1v) is 14.0. The molecule has 0 unspecified atom stereocenters. The molecule has 0 fully saturated rings. The lowest BCUT2D eigenvalue weighted by molar-refractivity contribution is 0.202. The molecule has 0 spiro atoms. The molecule has 8 heteroatoms. The normalized spacial score (nSPS) is 11.5. The minimum Gasteiger partial charge on any atom is -0.488 e. The van der Waals surface area contributed by atoms with Crippen molar-refractivity contribution >= 4 is 28.3 Å². The van der Waals surface area contributed by atoms with Crippen LogP contribution in [0.15, 0.2) is 85.1 Å². The Kier molecular flexibility index (Phi) is 8.54. The van der Waals surface area contributed by atoms with Crippen LogP contribution >= 0.6 is 0 Å². The van der Waals surface area contributed by atoms with E-state index >= 15 is 0 Å². The number of fused-ring (bicyclic) bond motifs is 1. The number of rotatable bonds is 9. The highest BCUT2D eigenvalue weighted by atomic mass is 16.5. The molecule has 0 saturated carbocycles. The topological polar surface area (TPSA) is 90.3 Å². The van der Waals surface area contributed by atoms with Crippen molar-refractivity contribution in [2.45, 2.75) is 46.1 Å². The van der Waals surface area contributed by atoms with Crippen molar-refractivity contribution in [1.82, 2.24) is 14.8 Å². The highest BCUT2D eigenvalue weighted by Crippen LogP contribution is 2.33. The fraction of sp³-hybridized carbons (Fsp3) is 0.265. The summed E-state index contributed by atoms with van der Waals surface area (Å²) in [4.78, 5) is 17.6. The van der Waals surface area contributed by atoms with Gasteiger partial charge in [-0.15, -0.1) is 0 Å². The molecule has 0 saturated heterocycles. The summed E-state index contributed by atoms with van der Waals surface area (Å²) in [5.41, 5.74) is 5.34. The Morgan fingerprint density at radius 1 is 0.905 bits per heavy atom. The average molecular weight is 564 g/mol. The summed E-state index contributed by atoms with van der Waals surface area (Å²) in [6.07, 6.45) is 2.57. The van der Waals surface area contributed by atoms with Crippen LogP contribution in [0.3, 0.4) is 0 Å². The van der Waals surface area contributed by atoms with E-state index in [9.17, 15) is 4.79 Å². The first kappa shape index (κ1) is 28.8. The van der Waals surface area contributed by atoms with Gasteiger partial charge >= 0.3 is 6.03 Å². The van der Waals surface area contributed by atoms with E-state index in [0.717, 1.165) is 51.1 Å². The van der Waals surface area contributed by atoms with Crippen molar-refractivity contribution in [2.24, 2.45) is 0 Å². The maximum Gasteiger partial charge on any atom is 0.324 e. The van der Waals surface area contributed by atoms with Crippen molar-refractivity contribution < 1.29 is 14.3 Å². The third-order valence-corrected chi connectivity index (χ3v) is 6.96. The van der Waals surface area contributed by atoms with Gasteiger partial charge in [0.15, 0.2) is 0 Å². The fourth-order valence-corrected chi connectivity index (χ4v) is 4.73. The Balaban J connectivity index is 1.39. The Labute approximate surface area is 246 Å². The van der Waals surface area contributed by atoms with Gasteiger partial charge in [-0.25, -0.2) is 9.48 Å². The monoisotopic (exact) mass is 563 g/mol. The number of carbonyl (C=O) groups is 1. The molecule has 0 radical (unpaired) electrons. The van der Waals surface area contributed by atoms with E-state index in [1.165, 1.54) is 0 Å². The molecule has 0 aliphatic rings. The van der Waals surface area contributed by atoms with Gasteiger partial charge in [0.2, 0.25) is 0 Å². The minimum absolute atomic E-state index is 0.202. The van der Waals surface area contributed by atoms with Gasteiger partial charge in [0.25, 0.3) is 0 Å². The second-order valence-corrected chi connectivity index (χ2v) is 11.3. The highest BCUT2D eigenvalue weighted by molar-refractivity contribution is 6.07. The molecule has 0 atom stereocenters. The molecule has 8 nitrogen and oxygen atoms in total. The summed E-state index contributed by atoms with van der Waals surface area (Å²) in [5.74, 6) is 1.32. The van der Waals surface area contributed by atoms with Crippen LogP contribution < -0.4 is 15.4 Å². The number of hydrogen-bond acceptors (Lipinski definition) is 5. The van der Waals surface area contributed by atoms with Gasteiger partial charge in [-0.3, -0.25) is 10.3 Å². The summed E-state index contributed by atoms with van der Waals surface area (Å²) in [5, 5.41) is 12.7. The zero-order valence-electron chi connectivity index (χ0n) is 24.8. The van der Waals surface area contributed by atoms with Crippen molar-refractivity contribution in [1.29, 1.82) is 0 Å². The Hall–Kier alpha value is -4.69. The van der Waals surface area contributed by atoms with Gasteiger partial charge in [0, 0.05) is 41.3 Å². The predicted octanol–water partition coefficient (Wildman–Crippen LogP) is 7.44. The quantitative estimate of drug-likeness (QED) is 0.195. The molecule has 42 heavy (non-hydrogen) atoms. The van der Waals surface area contributed by atoms with Gasteiger partial charge in [0.1, 0.15) is 18.2 Å². The average Bonchev–Trinajstić information content (AvgIpc) is 3.40. The third-order valence-electron chi connectivity index (χ3n) is 6.96. The van der Waals surface area contributed by atoms with Crippen LogP contribution in [0.1, 0.15) is 43.3 Å². The molecule has 0 bridgehead atoms. The van der Waals surface area contributed by atoms with E-state index < -0.39 is 0 Å². The van der Waals surface area contributed by atoms with Crippen LogP contribution in [-0.4, -0.2) is 34.5 Å². The number of carbonyl (C=O) groups excluding carboxylic acids is 1. The second-order valence-electron chi connectivity index (χ2n) is 11.3. The summed E-state index contributed by atoms with van der Waals surface area (Å²) < 4.78 is 13.2. The summed E-state index contributed by atoms with van der Waals surface area (Å²) in [6, 6.07) is 25.3. The molecule has 2 aromatic heterocycles. The van der Waals surface area contributed by atoms with E-state index in [-0.39, 0.29) is 11.4 Å². The highest BCUT2D eigenvalue weighted by Gasteiger charge is 2.22. The SMILES string of the molecule is COCCc1cccc(-n2nc(C(C)(C)C)cc2NC(=O)Nc2ccc(OCc3ccnc(C)c3)c3ccccc23)c1. The molecule has 2 N–H and O–H groups in total. The molecule has 216 valence electrons. The second kappa shape index (κ2) is 12.4. The van der Waals surface area contributed by atoms with Crippen molar-refractivity contribution in [3.63, 3.8) is 0 Å². The number of nitrogens with zero attached hydrogens (tertiary/aromatic N) is 3. The molecule has 3 aromatic carbocycles. The standard InChI is InChI=1S/C34H37N5O3/c1-23-19-25(15-17-35-23)22-42-30-14-13-29(27-11-6-7-12-28(27)30)36-33(40)37-32-21-31(34(2,3)4)38-39(32)26-10-8-9-24(20-26)16-18-41-5/h6-15,17,19-21H,16,18,22H2,1-5H3,(H2,36,37,40). The molecule has 0 aliphatic heterocycles. The molecule has 0 aliphatic carbocycles. The van der Waals surface area contributed by atoms with E-state index in [4.69, 9.17) is 14.6 Å². The van der Waals surface area contributed by atoms with E-state index in [0.29, 0.717) is 24.7 Å². The van der Waals surface area contributed by atoms with Gasteiger partial charge in [-0.2, -0.15) is 5.10 Å². The van der Waals surface area contributed by atoms with Crippen LogP contribution in [0.2, 0.25) is 0 Å². The summed E-state index contributed by atoms with van der Waals surface area (Å²) in [6.45, 7) is 9.32. The number of ether oxygens (including phenoxy) is 2. The number of benzene rings is 3. The summed E-state index contributed by atoms with van der Waals surface area (Å²) >= 11 is 0. The third kappa shape index (κ3) is 6.78. The number of urea groups is 1. The van der Waals surface area contributed by atoms with E-state index in [2.05, 4.69) is 48.5 Å². The molecular formula is C34H37N5O3. The van der Waals surface area contributed by atoms with Crippen LogP contribution in [0, 0.1) is 6.92 Å². The number of amides is 2. The summed E-state index contributed by atoms with van der Waals surface area (Å²) in [7, 11) is 1.70. The maximum atomic E-state index is 13.4. The van der Waals surface area contributed by atoms with E-state index in [1.807, 2.05) is 73.7 Å². The van der Waals surface area contributed by atoms with Crippen molar-refractivity contribution in [2.75, 3.05) is 24.4 Å². The van der Waals surface area contributed by atoms with Crippen LogP contribution in [0.25, 0.3) is 16.5 Å². The molecule has 5 aromatic rings. The lowest BCUT2D eigenvalue weighted by atomic mass is 9.92. The lowest BCUT2D eigenvalue weighted by Gasteiger charge is -2.15. The molecule has 2 heterocycles. The Morgan fingerprint density at radius 2 is 1.71 bits per heavy atom. The zero-order valence-corrected chi connectivity index (χ0v) is 24.8. The number of aromatic nitrogens is 3. The first-order valence-electron chi connectivity index (χ1n) is 14.0. The van der Waals surface area contributed by atoms with E-state index in [1.54, 1.807) is 18.0 Å². The number of methoxy groups -OCH3 is 1. The van der Waals surface area contributed by atoms with Gasteiger partial charge in [-0.1, -0.05) is 57.2 Å². The number of hydrogen-bond donors (Lipinski definition) is 2. The van der Waals surface area contributed by atoms with Gasteiger partial charge < -0.3 is 14.8 Å². The lowest BCUT2D eigenvalue weighted by Crippen LogP contribution is -2.21. The first-order chi connectivity index (χ1) is 20.2. The fourth-order valence-electron chi connectivity index (χ4n) is 4.73. The number of nitrogens with one attached hydrogen (secondary N) is 2. The van der Waals surface area contributed by atoms with Crippen LogP contribution in [0.4, 0.5) is 16.3 Å². The number of pyridine rings is 1. The molecule has 2 amide bonds. The van der Waals surface area contributed by atoms with Crippen LogP contribution in [0.5, 0.6) is 5.75 Å². The molecule has 5 rings (SSSR count). The van der Waals surface area contributed by atoms with Gasteiger partial charge in [-0.05, 0) is 60.9 Å². The Morgan fingerprint density at radius 3 is 2.48 bits per heavy atom. The van der Waals surface area contributed by atoms with Crippen molar-refractivity contribution in [3.8, 4) is 11.4 Å². The predicted molar refractivity (Wildman–Crippen MR) is 168 cm³/mol. The van der Waals surface area contributed by atoms with Crippen molar-refractivity contribution in [3.05, 3.63) is 108 Å². The smallest absolute Gasteiger partial charge is 0.324 e. The molecular weight excluding hydrogens is 526 g/mol. The Bertz CT molecular complexity index is 1700.